The van der Waals surface area contributed by atoms with Gasteiger partial charge in [-0.3, -0.25) is 0 Å². The second-order valence-corrected chi connectivity index (χ2v) is 6.64. The van der Waals surface area contributed by atoms with Gasteiger partial charge in [0.15, 0.2) is 0 Å². The molecule has 16 heavy (non-hydrogen) atoms. The lowest BCUT2D eigenvalue weighted by Crippen LogP contribution is -2.35. The van der Waals surface area contributed by atoms with Gasteiger partial charge < -0.3 is 5.32 Å². The standard InChI is InChI=1S/C13H18ClNS/c1-13(2)7-10(8-16-9-13)15-12-6-4-3-5-11(12)14/h3-6,10,15H,7-9H2,1-2H3. The molecular weight excluding hydrogens is 238 g/mol. The molecule has 0 aliphatic carbocycles. The smallest absolute Gasteiger partial charge is 0.0637 e. The maximum Gasteiger partial charge on any atom is 0.0637 e. The zero-order valence-corrected chi connectivity index (χ0v) is 11.4. The Morgan fingerprint density at radius 3 is 2.81 bits per heavy atom. The molecule has 3 heteroatoms. The lowest BCUT2D eigenvalue weighted by atomic mass is 9.88. The van der Waals surface area contributed by atoms with Gasteiger partial charge in [-0.1, -0.05) is 37.6 Å². The fourth-order valence-corrected chi connectivity index (χ4v) is 3.62. The minimum atomic E-state index is 0.432. The summed E-state index contributed by atoms with van der Waals surface area (Å²) in [7, 11) is 0. The summed E-state index contributed by atoms with van der Waals surface area (Å²) in [6.07, 6.45) is 1.21. The molecule has 1 nitrogen and oxygen atoms in total. The molecule has 0 saturated carbocycles. The van der Waals surface area contributed by atoms with Crippen LogP contribution in [0.3, 0.4) is 0 Å². The molecule has 1 N–H and O–H groups in total. The van der Waals surface area contributed by atoms with Gasteiger partial charge in [-0.15, -0.1) is 0 Å². The predicted octanol–water partition coefficient (Wildman–Crippen LogP) is 4.28. The van der Waals surface area contributed by atoms with Crippen LogP contribution in [0.4, 0.5) is 5.69 Å². The van der Waals surface area contributed by atoms with Crippen LogP contribution in [0.15, 0.2) is 24.3 Å². The average molecular weight is 256 g/mol. The van der Waals surface area contributed by atoms with E-state index in [0.717, 1.165) is 10.7 Å². The summed E-state index contributed by atoms with van der Waals surface area (Å²) >= 11 is 8.17. The van der Waals surface area contributed by atoms with E-state index >= 15 is 0 Å². The SMILES string of the molecule is CC1(C)CSCC(Nc2ccccc2Cl)C1. The molecule has 0 bridgehead atoms. The summed E-state index contributed by atoms with van der Waals surface area (Å²) in [5.41, 5.74) is 1.49. The highest BCUT2D eigenvalue weighted by Crippen LogP contribution is 2.35. The maximum atomic E-state index is 6.15. The zero-order valence-electron chi connectivity index (χ0n) is 9.79. The van der Waals surface area contributed by atoms with Crippen molar-refractivity contribution in [1.82, 2.24) is 0 Å². The molecule has 1 unspecified atom stereocenters. The van der Waals surface area contributed by atoms with Gasteiger partial charge in [-0.25, -0.2) is 0 Å². The monoisotopic (exact) mass is 255 g/mol. The first-order chi connectivity index (χ1) is 7.57. The van der Waals surface area contributed by atoms with Gasteiger partial charge in [0.25, 0.3) is 0 Å². The molecule has 1 saturated heterocycles. The molecule has 1 atom stereocenters. The number of anilines is 1. The molecule has 0 radical (unpaired) electrons. The first-order valence-corrected chi connectivity index (χ1v) is 7.19. The Balaban J connectivity index is 2.02. The number of nitrogens with one attached hydrogen (secondary N) is 1. The third-order valence-corrected chi connectivity index (χ3v) is 4.80. The van der Waals surface area contributed by atoms with Crippen LogP contribution in [-0.2, 0) is 0 Å². The lowest BCUT2D eigenvalue weighted by molar-refractivity contribution is 0.358. The van der Waals surface area contributed by atoms with Crippen LogP contribution in [-0.4, -0.2) is 17.5 Å². The number of hydrogen-bond donors (Lipinski definition) is 1. The van der Waals surface area contributed by atoms with Gasteiger partial charge >= 0.3 is 0 Å². The number of halogens is 1. The van der Waals surface area contributed by atoms with Crippen LogP contribution in [0.5, 0.6) is 0 Å². The number of para-hydroxylation sites is 1. The fraction of sp³-hybridized carbons (Fsp3) is 0.538. The predicted molar refractivity (Wildman–Crippen MR) is 74.6 cm³/mol. The van der Waals surface area contributed by atoms with Crippen molar-refractivity contribution >= 4 is 29.1 Å². The molecule has 0 amide bonds. The van der Waals surface area contributed by atoms with E-state index in [-0.39, 0.29) is 0 Å². The first kappa shape index (κ1) is 12.1. The van der Waals surface area contributed by atoms with Crippen molar-refractivity contribution in [1.29, 1.82) is 0 Å². The van der Waals surface area contributed by atoms with Crippen molar-refractivity contribution in [2.24, 2.45) is 5.41 Å². The minimum Gasteiger partial charge on any atom is -0.380 e. The Hall–Kier alpha value is -0.340. The molecule has 1 aromatic carbocycles. The molecule has 0 spiro atoms. The molecule has 88 valence electrons. The summed E-state index contributed by atoms with van der Waals surface area (Å²) < 4.78 is 0. The van der Waals surface area contributed by atoms with Gasteiger partial charge in [0.2, 0.25) is 0 Å². The van der Waals surface area contributed by atoms with Crippen LogP contribution in [0.1, 0.15) is 20.3 Å². The van der Waals surface area contributed by atoms with Gasteiger partial charge in [0, 0.05) is 11.8 Å². The van der Waals surface area contributed by atoms with Gasteiger partial charge in [0.05, 0.1) is 10.7 Å². The zero-order chi connectivity index (χ0) is 11.6. The highest BCUT2D eigenvalue weighted by molar-refractivity contribution is 7.99. The second kappa shape index (κ2) is 4.89. The summed E-state index contributed by atoms with van der Waals surface area (Å²) in [4.78, 5) is 0. The van der Waals surface area contributed by atoms with E-state index in [0.29, 0.717) is 11.5 Å². The molecular formula is C13H18ClNS. The van der Waals surface area contributed by atoms with Crippen LogP contribution >= 0.6 is 23.4 Å². The van der Waals surface area contributed by atoms with E-state index in [1.807, 2.05) is 30.0 Å². The highest BCUT2D eigenvalue weighted by atomic mass is 35.5. The summed E-state index contributed by atoms with van der Waals surface area (Å²) in [6, 6.07) is 8.51. The van der Waals surface area contributed by atoms with Crippen LogP contribution < -0.4 is 5.32 Å². The second-order valence-electron chi connectivity index (χ2n) is 5.20. The van der Waals surface area contributed by atoms with Crippen LogP contribution in [0, 0.1) is 5.41 Å². The fourth-order valence-electron chi connectivity index (χ4n) is 2.15. The van der Waals surface area contributed by atoms with Crippen LogP contribution in [0.25, 0.3) is 0 Å². The highest BCUT2D eigenvalue weighted by Gasteiger charge is 2.28. The molecule has 2 rings (SSSR count). The van der Waals surface area contributed by atoms with Crippen LogP contribution in [0.2, 0.25) is 5.02 Å². The summed E-state index contributed by atoms with van der Waals surface area (Å²) in [6.45, 7) is 4.67. The number of rotatable bonds is 2. The third-order valence-electron chi connectivity index (χ3n) is 2.84. The van der Waals surface area contributed by atoms with Crippen molar-refractivity contribution in [2.75, 3.05) is 16.8 Å². The van der Waals surface area contributed by atoms with Crippen molar-refractivity contribution in [3.8, 4) is 0 Å². The largest absolute Gasteiger partial charge is 0.380 e. The number of hydrogen-bond acceptors (Lipinski definition) is 2. The van der Waals surface area contributed by atoms with Gasteiger partial charge in [-0.2, -0.15) is 11.8 Å². The Bertz CT molecular complexity index is 365. The van der Waals surface area contributed by atoms with E-state index in [9.17, 15) is 0 Å². The summed E-state index contributed by atoms with van der Waals surface area (Å²) in [5, 5.41) is 4.37. The van der Waals surface area contributed by atoms with Crippen molar-refractivity contribution in [2.45, 2.75) is 26.3 Å². The quantitative estimate of drug-likeness (QED) is 0.847. The molecule has 0 aromatic heterocycles. The third kappa shape index (κ3) is 3.08. The van der Waals surface area contributed by atoms with Crippen molar-refractivity contribution < 1.29 is 0 Å². The topological polar surface area (TPSA) is 12.0 Å². The first-order valence-electron chi connectivity index (χ1n) is 5.66. The van der Waals surface area contributed by atoms with Gasteiger partial charge in [0.1, 0.15) is 0 Å². The maximum absolute atomic E-state index is 6.15. The number of benzene rings is 1. The van der Waals surface area contributed by atoms with E-state index in [2.05, 4.69) is 25.2 Å². The summed E-state index contributed by atoms with van der Waals surface area (Å²) in [5.74, 6) is 2.43. The van der Waals surface area contributed by atoms with E-state index < -0.39 is 0 Å². The Morgan fingerprint density at radius 1 is 1.38 bits per heavy atom. The Kier molecular flexibility index (Phi) is 3.70. The molecule has 1 fully saturated rings. The minimum absolute atomic E-state index is 0.432. The normalized spacial score (nSPS) is 24.1. The Morgan fingerprint density at radius 2 is 2.12 bits per heavy atom. The van der Waals surface area contributed by atoms with Gasteiger partial charge in [-0.05, 0) is 29.7 Å². The van der Waals surface area contributed by atoms with E-state index in [4.69, 9.17) is 11.6 Å². The number of thioether (sulfide) groups is 1. The Labute approximate surface area is 107 Å². The molecule has 1 aliphatic rings. The molecule has 1 aliphatic heterocycles. The molecule has 1 aromatic rings. The average Bonchev–Trinajstić information content (AvgIpc) is 2.20. The molecule has 1 heterocycles. The lowest BCUT2D eigenvalue weighted by Gasteiger charge is -2.35. The van der Waals surface area contributed by atoms with E-state index in [1.54, 1.807) is 0 Å². The van der Waals surface area contributed by atoms with Crippen molar-refractivity contribution in [3.05, 3.63) is 29.3 Å². The van der Waals surface area contributed by atoms with E-state index in [1.165, 1.54) is 17.9 Å². The van der Waals surface area contributed by atoms with Crippen molar-refractivity contribution in [3.63, 3.8) is 0 Å².